The third-order valence-electron chi connectivity index (χ3n) is 3.30. The average Bonchev–Trinajstić information content (AvgIpc) is 2.46. The van der Waals surface area contributed by atoms with Crippen molar-refractivity contribution in [1.29, 1.82) is 0 Å². The number of nitrogens with one attached hydrogen (secondary N) is 1. The fraction of sp³-hybridized carbons (Fsp3) is 0.500. The summed E-state index contributed by atoms with van der Waals surface area (Å²) >= 11 is 0. The largest absolute Gasteiger partial charge is 0.497 e. The molecule has 2 rings (SSSR count). The lowest BCUT2D eigenvalue weighted by molar-refractivity contribution is 0.0923. The number of carbonyl (C=O) groups is 1. The molecule has 1 unspecified atom stereocenters. The molecular formula is C14H19NO3. The van der Waals surface area contributed by atoms with Gasteiger partial charge in [-0.05, 0) is 37.6 Å². The Morgan fingerprint density at radius 3 is 2.72 bits per heavy atom. The summed E-state index contributed by atoms with van der Waals surface area (Å²) < 4.78 is 10.4. The van der Waals surface area contributed by atoms with Crippen LogP contribution in [0.4, 0.5) is 0 Å². The van der Waals surface area contributed by atoms with Crippen LogP contribution in [0.3, 0.4) is 0 Å². The van der Waals surface area contributed by atoms with Crippen LogP contribution in [0.2, 0.25) is 0 Å². The number of hydrogen-bond donors (Lipinski definition) is 1. The number of ketones is 1. The number of carbonyl (C=O) groups excluding carboxylic acids is 1. The van der Waals surface area contributed by atoms with Gasteiger partial charge in [-0.1, -0.05) is 6.42 Å². The maximum absolute atomic E-state index is 12.4. The van der Waals surface area contributed by atoms with E-state index in [-0.39, 0.29) is 11.8 Å². The van der Waals surface area contributed by atoms with E-state index in [4.69, 9.17) is 9.47 Å². The molecule has 1 heterocycles. The summed E-state index contributed by atoms with van der Waals surface area (Å²) in [7, 11) is 3.17. The highest BCUT2D eigenvalue weighted by molar-refractivity contribution is 6.02. The fourth-order valence-corrected chi connectivity index (χ4v) is 2.27. The number of piperidine rings is 1. The van der Waals surface area contributed by atoms with E-state index in [0.29, 0.717) is 17.1 Å². The Balaban J connectivity index is 2.26. The van der Waals surface area contributed by atoms with Crippen molar-refractivity contribution in [3.05, 3.63) is 23.8 Å². The minimum absolute atomic E-state index is 0.0884. The van der Waals surface area contributed by atoms with Gasteiger partial charge in [-0.15, -0.1) is 0 Å². The molecule has 98 valence electrons. The highest BCUT2D eigenvalue weighted by Crippen LogP contribution is 2.26. The molecule has 1 aliphatic rings. The molecule has 0 saturated carbocycles. The molecular weight excluding hydrogens is 230 g/mol. The standard InChI is InChI=1S/C14H19NO3/c1-17-10-6-7-13(18-2)11(9-10)14(16)12-5-3-4-8-15-12/h6-7,9,12,15H,3-5,8H2,1-2H3. The van der Waals surface area contributed by atoms with E-state index >= 15 is 0 Å². The summed E-state index contributed by atoms with van der Waals surface area (Å²) in [6, 6.07) is 5.22. The molecule has 0 bridgehead atoms. The van der Waals surface area contributed by atoms with E-state index in [9.17, 15) is 4.79 Å². The van der Waals surface area contributed by atoms with Crippen LogP contribution in [0.5, 0.6) is 11.5 Å². The van der Waals surface area contributed by atoms with Crippen LogP contribution in [0, 0.1) is 0 Å². The third kappa shape index (κ3) is 2.64. The van der Waals surface area contributed by atoms with Crippen molar-refractivity contribution in [2.75, 3.05) is 20.8 Å². The van der Waals surface area contributed by atoms with Crippen molar-refractivity contribution in [3.8, 4) is 11.5 Å². The van der Waals surface area contributed by atoms with Gasteiger partial charge in [-0.3, -0.25) is 4.79 Å². The number of hydrogen-bond acceptors (Lipinski definition) is 4. The zero-order valence-electron chi connectivity index (χ0n) is 10.9. The van der Waals surface area contributed by atoms with Gasteiger partial charge in [0.1, 0.15) is 11.5 Å². The fourth-order valence-electron chi connectivity index (χ4n) is 2.27. The van der Waals surface area contributed by atoms with Gasteiger partial charge in [0.2, 0.25) is 0 Å². The Morgan fingerprint density at radius 1 is 1.28 bits per heavy atom. The van der Waals surface area contributed by atoms with Crippen molar-refractivity contribution in [2.45, 2.75) is 25.3 Å². The van der Waals surface area contributed by atoms with E-state index in [2.05, 4.69) is 5.32 Å². The quantitative estimate of drug-likeness (QED) is 0.829. The van der Waals surface area contributed by atoms with Gasteiger partial charge in [-0.25, -0.2) is 0 Å². The van der Waals surface area contributed by atoms with E-state index in [1.54, 1.807) is 32.4 Å². The Kier molecular flexibility index (Phi) is 4.20. The minimum Gasteiger partial charge on any atom is -0.497 e. The summed E-state index contributed by atoms with van der Waals surface area (Å²) in [6.45, 7) is 0.905. The summed E-state index contributed by atoms with van der Waals surface area (Å²) in [4.78, 5) is 12.4. The minimum atomic E-state index is -0.0974. The Bertz CT molecular complexity index is 425. The molecule has 0 radical (unpaired) electrons. The van der Waals surface area contributed by atoms with Crippen molar-refractivity contribution in [3.63, 3.8) is 0 Å². The van der Waals surface area contributed by atoms with E-state index in [1.807, 2.05) is 0 Å². The summed E-state index contributed by atoms with van der Waals surface area (Å²) in [5.74, 6) is 1.37. The first-order valence-corrected chi connectivity index (χ1v) is 6.26. The summed E-state index contributed by atoms with van der Waals surface area (Å²) in [6.07, 6.45) is 3.12. The first kappa shape index (κ1) is 12.9. The van der Waals surface area contributed by atoms with Gasteiger partial charge in [0.05, 0.1) is 25.8 Å². The van der Waals surface area contributed by atoms with Gasteiger partial charge in [0.25, 0.3) is 0 Å². The van der Waals surface area contributed by atoms with Crippen LogP contribution < -0.4 is 14.8 Å². The van der Waals surface area contributed by atoms with Crippen molar-refractivity contribution in [2.24, 2.45) is 0 Å². The second-order valence-electron chi connectivity index (χ2n) is 4.43. The van der Waals surface area contributed by atoms with E-state index < -0.39 is 0 Å². The second kappa shape index (κ2) is 5.87. The monoisotopic (exact) mass is 249 g/mol. The van der Waals surface area contributed by atoms with Gasteiger partial charge >= 0.3 is 0 Å². The predicted octanol–water partition coefficient (Wildman–Crippen LogP) is 2.03. The SMILES string of the molecule is COc1ccc(OC)c(C(=O)C2CCCCN2)c1. The lowest BCUT2D eigenvalue weighted by Gasteiger charge is -2.23. The first-order valence-electron chi connectivity index (χ1n) is 6.26. The van der Waals surface area contributed by atoms with Crippen LogP contribution in [-0.4, -0.2) is 32.6 Å². The Hall–Kier alpha value is -1.55. The maximum atomic E-state index is 12.4. The molecule has 1 aromatic carbocycles. The molecule has 1 atom stereocenters. The molecule has 0 amide bonds. The van der Waals surface area contributed by atoms with Crippen LogP contribution in [-0.2, 0) is 0 Å². The average molecular weight is 249 g/mol. The highest BCUT2D eigenvalue weighted by atomic mass is 16.5. The number of Topliss-reactive ketones (excluding diaryl/α,β-unsaturated/α-hetero) is 1. The normalized spacial score (nSPS) is 19.3. The zero-order valence-corrected chi connectivity index (χ0v) is 10.9. The van der Waals surface area contributed by atoms with Crippen molar-refractivity contribution >= 4 is 5.78 Å². The Labute approximate surface area is 107 Å². The van der Waals surface area contributed by atoms with Gasteiger partial charge in [-0.2, -0.15) is 0 Å². The lowest BCUT2D eigenvalue weighted by Crippen LogP contribution is -2.40. The molecule has 4 heteroatoms. The topological polar surface area (TPSA) is 47.6 Å². The van der Waals surface area contributed by atoms with Gasteiger partial charge < -0.3 is 14.8 Å². The van der Waals surface area contributed by atoms with Crippen molar-refractivity contribution < 1.29 is 14.3 Å². The van der Waals surface area contributed by atoms with Gasteiger partial charge in [0, 0.05) is 0 Å². The molecule has 1 aromatic rings. The summed E-state index contributed by atoms with van der Waals surface area (Å²) in [5, 5.41) is 3.26. The second-order valence-corrected chi connectivity index (χ2v) is 4.43. The van der Waals surface area contributed by atoms with Crippen LogP contribution in [0.25, 0.3) is 0 Å². The zero-order chi connectivity index (χ0) is 13.0. The molecule has 0 aromatic heterocycles. The van der Waals surface area contributed by atoms with Crippen LogP contribution in [0.1, 0.15) is 29.6 Å². The van der Waals surface area contributed by atoms with Crippen molar-refractivity contribution in [1.82, 2.24) is 5.32 Å². The number of ether oxygens (including phenoxy) is 2. The first-order chi connectivity index (χ1) is 8.76. The highest BCUT2D eigenvalue weighted by Gasteiger charge is 2.24. The molecule has 4 nitrogen and oxygen atoms in total. The predicted molar refractivity (Wildman–Crippen MR) is 69.5 cm³/mol. The molecule has 0 aliphatic carbocycles. The lowest BCUT2D eigenvalue weighted by atomic mass is 9.96. The van der Waals surface area contributed by atoms with E-state index in [0.717, 1.165) is 25.8 Å². The summed E-state index contributed by atoms with van der Waals surface area (Å²) in [5.41, 5.74) is 0.594. The smallest absolute Gasteiger partial charge is 0.183 e. The van der Waals surface area contributed by atoms with Crippen LogP contribution >= 0.6 is 0 Å². The molecule has 1 N–H and O–H groups in total. The molecule has 1 saturated heterocycles. The molecule has 18 heavy (non-hydrogen) atoms. The number of benzene rings is 1. The number of rotatable bonds is 4. The molecule has 1 fully saturated rings. The third-order valence-corrected chi connectivity index (χ3v) is 3.30. The Morgan fingerprint density at radius 2 is 2.11 bits per heavy atom. The van der Waals surface area contributed by atoms with E-state index in [1.165, 1.54) is 0 Å². The van der Waals surface area contributed by atoms with Gasteiger partial charge in [0.15, 0.2) is 5.78 Å². The molecule has 1 aliphatic heterocycles. The maximum Gasteiger partial charge on any atom is 0.183 e. The molecule has 0 spiro atoms. The number of methoxy groups -OCH3 is 2. The van der Waals surface area contributed by atoms with Crippen LogP contribution in [0.15, 0.2) is 18.2 Å².